The molecule has 2 aliphatic heterocycles. The van der Waals surface area contributed by atoms with E-state index in [4.69, 9.17) is 16.4 Å². The predicted octanol–water partition coefficient (Wildman–Crippen LogP) is 3.34. The summed E-state index contributed by atoms with van der Waals surface area (Å²) in [6, 6.07) is 9.61. The first-order valence-electron chi connectivity index (χ1n) is 10.4. The maximum atomic E-state index is 14.9. The molecule has 0 aromatic heterocycles. The van der Waals surface area contributed by atoms with Gasteiger partial charge in [-0.25, -0.2) is 14.6 Å². The van der Waals surface area contributed by atoms with Crippen molar-refractivity contribution in [1.29, 1.82) is 0 Å². The lowest BCUT2D eigenvalue weighted by atomic mass is 9.84. The number of likely N-dealkylation sites (tertiary alicyclic amines) is 1. The van der Waals surface area contributed by atoms with Crippen LogP contribution in [0.3, 0.4) is 0 Å². The van der Waals surface area contributed by atoms with E-state index in [0.29, 0.717) is 29.8 Å². The molecule has 0 spiro atoms. The van der Waals surface area contributed by atoms with E-state index in [0.717, 1.165) is 12.1 Å². The molecule has 0 saturated carbocycles. The van der Waals surface area contributed by atoms with E-state index >= 15 is 0 Å². The molecule has 2 aliphatic rings. The third-order valence-electron chi connectivity index (χ3n) is 5.89. The van der Waals surface area contributed by atoms with Crippen molar-refractivity contribution in [3.63, 3.8) is 0 Å². The van der Waals surface area contributed by atoms with Gasteiger partial charge in [-0.05, 0) is 18.7 Å². The number of hydrogen-bond acceptors (Lipinski definition) is 6. The number of hydrazine groups is 1. The molecule has 0 radical (unpaired) electrons. The molecule has 2 aromatic carbocycles. The maximum Gasteiger partial charge on any atom is 0.309 e. The van der Waals surface area contributed by atoms with Gasteiger partial charge in [0.05, 0.1) is 12.3 Å². The number of benzene rings is 2. The first-order chi connectivity index (χ1) is 15.6. The SMILES string of the molecule is CN1CC(F)(C(F)(F)c2ccc(-c3ccc(C4=NO[C@@H](CN(N)/C=C\N)C4)cc3F)cc2)C1. The summed E-state index contributed by atoms with van der Waals surface area (Å²) in [5.41, 5.74) is 4.04. The number of oxime groups is 1. The lowest BCUT2D eigenvalue weighted by Crippen LogP contribution is -2.65. The van der Waals surface area contributed by atoms with Gasteiger partial charge in [0.15, 0.2) is 6.10 Å². The molecule has 0 amide bonds. The third-order valence-corrected chi connectivity index (χ3v) is 5.89. The average molecular weight is 463 g/mol. The minimum Gasteiger partial charge on any atom is -0.403 e. The largest absolute Gasteiger partial charge is 0.403 e. The zero-order valence-corrected chi connectivity index (χ0v) is 18.0. The molecule has 0 unspecified atom stereocenters. The molecule has 176 valence electrons. The highest BCUT2D eigenvalue weighted by molar-refractivity contribution is 6.01. The molecule has 1 atom stereocenters. The monoisotopic (exact) mass is 463 g/mol. The quantitative estimate of drug-likeness (QED) is 0.374. The van der Waals surface area contributed by atoms with Gasteiger partial charge < -0.3 is 15.6 Å². The van der Waals surface area contributed by atoms with E-state index in [1.54, 1.807) is 19.2 Å². The fraction of sp³-hybridized carbons (Fsp3) is 0.348. The number of rotatable bonds is 7. The fourth-order valence-corrected chi connectivity index (χ4v) is 4.16. The van der Waals surface area contributed by atoms with Crippen molar-refractivity contribution >= 4 is 5.71 Å². The van der Waals surface area contributed by atoms with Crippen molar-refractivity contribution in [2.45, 2.75) is 24.1 Å². The van der Waals surface area contributed by atoms with Gasteiger partial charge in [0.1, 0.15) is 5.82 Å². The van der Waals surface area contributed by atoms with E-state index in [1.165, 1.54) is 40.5 Å². The van der Waals surface area contributed by atoms with Crippen LogP contribution in [0.4, 0.5) is 17.6 Å². The highest BCUT2D eigenvalue weighted by Crippen LogP contribution is 2.46. The second-order valence-electron chi connectivity index (χ2n) is 8.49. The second kappa shape index (κ2) is 8.68. The van der Waals surface area contributed by atoms with Gasteiger partial charge in [-0.1, -0.05) is 41.6 Å². The number of nitrogens with zero attached hydrogens (tertiary/aromatic N) is 3. The average Bonchev–Trinajstić information content (AvgIpc) is 3.21. The maximum absolute atomic E-state index is 14.9. The molecular weight excluding hydrogens is 438 g/mol. The van der Waals surface area contributed by atoms with Gasteiger partial charge >= 0.3 is 5.92 Å². The fourth-order valence-electron chi connectivity index (χ4n) is 4.16. The topological polar surface area (TPSA) is 80.1 Å². The van der Waals surface area contributed by atoms with Crippen molar-refractivity contribution in [2.24, 2.45) is 16.7 Å². The molecule has 2 heterocycles. The van der Waals surface area contributed by atoms with Crippen molar-refractivity contribution < 1.29 is 22.4 Å². The molecule has 33 heavy (non-hydrogen) atoms. The van der Waals surface area contributed by atoms with Gasteiger partial charge in [-0.15, -0.1) is 0 Å². The van der Waals surface area contributed by atoms with Gasteiger partial charge in [0.2, 0.25) is 5.67 Å². The van der Waals surface area contributed by atoms with Gasteiger partial charge in [0.25, 0.3) is 0 Å². The van der Waals surface area contributed by atoms with Gasteiger partial charge in [-0.3, -0.25) is 4.90 Å². The zero-order valence-electron chi connectivity index (χ0n) is 18.0. The van der Waals surface area contributed by atoms with Crippen LogP contribution in [0.25, 0.3) is 11.1 Å². The zero-order chi connectivity index (χ0) is 23.8. The summed E-state index contributed by atoms with van der Waals surface area (Å²) in [4.78, 5) is 6.84. The summed E-state index contributed by atoms with van der Waals surface area (Å²) in [5, 5.41) is 5.38. The van der Waals surface area contributed by atoms with Crippen LogP contribution < -0.4 is 11.6 Å². The number of halogens is 4. The first-order valence-corrected chi connectivity index (χ1v) is 10.4. The molecule has 0 aliphatic carbocycles. The minimum atomic E-state index is -3.63. The Labute approximate surface area is 189 Å². The van der Waals surface area contributed by atoms with E-state index in [2.05, 4.69) is 5.16 Å². The van der Waals surface area contributed by atoms with Crippen molar-refractivity contribution in [3.8, 4) is 11.1 Å². The first kappa shape index (κ1) is 23.1. The van der Waals surface area contributed by atoms with Gasteiger partial charge in [0, 0.05) is 48.6 Å². The van der Waals surface area contributed by atoms with Crippen molar-refractivity contribution in [3.05, 3.63) is 71.8 Å². The number of hydrogen-bond donors (Lipinski definition) is 2. The number of alkyl halides is 3. The minimum absolute atomic E-state index is 0.240. The highest BCUT2D eigenvalue weighted by atomic mass is 19.3. The molecule has 1 saturated heterocycles. The Hall–Kier alpha value is -3.11. The van der Waals surface area contributed by atoms with Crippen LogP contribution in [0.15, 0.2) is 60.0 Å². The Kier molecular flexibility index (Phi) is 6.06. The lowest BCUT2D eigenvalue weighted by molar-refractivity contribution is -0.202. The smallest absolute Gasteiger partial charge is 0.309 e. The summed E-state index contributed by atoms with van der Waals surface area (Å²) < 4.78 is 58.7. The predicted molar refractivity (Wildman–Crippen MR) is 117 cm³/mol. The Balaban J connectivity index is 1.47. The van der Waals surface area contributed by atoms with Crippen LogP contribution in [-0.4, -0.2) is 54.1 Å². The van der Waals surface area contributed by atoms with Crippen molar-refractivity contribution in [2.75, 3.05) is 26.7 Å². The van der Waals surface area contributed by atoms with E-state index in [9.17, 15) is 17.6 Å². The van der Waals surface area contributed by atoms with E-state index in [-0.39, 0.29) is 24.8 Å². The van der Waals surface area contributed by atoms with Crippen molar-refractivity contribution in [1.82, 2.24) is 9.91 Å². The van der Waals surface area contributed by atoms with Crippen LogP contribution >= 0.6 is 0 Å². The summed E-state index contributed by atoms with van der Waals surface area (Å²) in [7, 11) is 1.58. The number of nitrogens with two attached hydrogens (primary N) is 2. The normalized spacial score (nSPS) is 20.4. The molecular formula is C23H25F4N5O. The van der Waals surface area contributed by atoms with E-state index in [1.807, 2.05) is 0 Å². The molecule has 1 fully saturated rings. The standard InChI is InChI=1S/C23H25F4N5O/c1-31-13-22(25,14-31)23(26,27)17-5-2-15(3-6-17)19-7-4-16(10-20(19)24)21-11-18(33-30-21)12-32(29)9-8-28/h2-10,18H,11-14,28-29H2,1H3/b9-8-/t18-/m1/s1. The Morgan fingerprint density at radius 2 is 1.88 bits per heavy atom. The summed E-state index contributed by atoms with van der Waals surface area (Å²) in [6.45, 7) is -0.312. The second-order valence-corrected chi connectivity index (χ2v) is 8.49. The molecule has 0 bridgehead atoms. The molecule has 2 aromatic rings. The summed E-state index contributed by atoms with van der Waals surface area (Å²) in [6.07, 6.45) is 2.94. The van der Waals surface area contributed by atoms with Gasteiger partial charge in [-0.2, -0.15) is 8.78 Å². The summed E-state index contributed by atoms with van der Waals surface area (Å²) in [5.74, 6) is 1.58. The third kappa shape index (κ3) is 4.40. The molecule has 4 rings (SSSR count). The molecule has 6 nitrogen and oxygen atoms in total. The summed E-state index contributed by atoms with van der Waals surface area (Å²) >= 11 is 0. The Morgan fingerprint density at radius 1 is 1.21 bits per heavy atom. The highest BCUT2D eigenvalue weighted by Gasteiger charge is 2.61. The molecule has 10 heteroatoms. The molecule has 4 N–H and O–H groups in total. The van der Waals surface area contributed by atoms with Crippen LogP contribution in [0.5, 0.6) is 0 Å². The van der Waals surface area contributed by atoms with Crippen LogP contribution in [0.2, 0.25) is 0 Å². The Morgan fingerprint density at radius 3 is 2.48 bits per heavy atom. The van der Waals surface area contributed by atoms with Crippen LogP contribution in [-0.2, 0) is 10.8 Å². The lowest BCUT2D eigenvalue weighted by Gasteiger charge is -2.46. The Bertz CT molecular complexity index is 1070. The van der Waals surface area contributed by atoms with E-state index < -0.39 is 23.0 Å². The van der Waals surface area contributed by atoms with Crippen LogP contribution in [0, 0.1) is 5.82 Å². The van der Waals surface area contributed by atoms with Crippen LogP contribution in [0.1, 0.15) is 17.5 Å².